The Morgan fingerprint density at radius 1 is 1.45 bits per heavy atom. The van der Waals surface area contributed by atoms with Gasteiger partial charge in [-0.15, -0.1) is 0 Å². The molecule has 64 valence electrons. The van der Waals surface area contributed by atoms with E-state index in [9.17, 15) is 4.79 Å². The van der Waals surface area contributed by atoms with Gasteiger partial charge in [-0.25, -0.2) is 0 Å². The lowest BCUT2D eigenvalue weighted by Gasteiger charge is -2.23. The van der Waals surface area contributed by atoms with Crippen molar-refractivity contribution >= 4 is 5.97 Å². The van der Waals surface area contributed by atoms with Crippen LogP contribution in [0.5, 0.6) is 0 Å². The molecule has 0 aromatic heterocycles. The Balaban J connectivity index is 2.47. The minimum absolute atomic E-state index is 0.197. The summed E-state index contributed by atoms with van der Waals surface area (Å²) >= 11 is 0. The summed E-state index contributed by atoms with van der Waals surface area (Å²) in [5, 5.41) is 8.57. The van der Waals surface area contributed by atoms with Gasteiger partial charge in [0.25, 0.3) is 0 Å². The van der Waals surface area contributed by atoms with Crippen molar-refractivity contribution in [3.8, 4) is 0 Å². The average Bonchev–Trinajstić information content (AvgIpc) is 2.18. The summed E-state index contributed by atoms with van der Waals surface area (Å²) in [5.74, 6) is -0.717. The zero-order valence-corrected chi connectivity index (χ0v) is 7.08. The monoisotopic (exact) mass is 157 g/mol. The fourth-order valence-corrected chi connectivity index (χ4v) is 1.72. The van der Waals surface area contributed by atoms with Gasteiger partial charge in [-0.3, -0.25) is 9.69 Å². The van der Waals surface area contributed by atoms with Crippen LogP contribution in [0.4, 0.5) is 0 Å². The summed E-state index contributed by atoms with van der Waals surface area (Å²) in [6.45, 7) is 4.38. The third-order valence-electron chi connectivity index (χ3n) is 2.45. The number of hydrogen-bond acceptors (Lipinski definition) is 2. The maximum atomic E-state index is 10.4. The fourth-order valence-electron chi connectivity index (χ4n) is 1.72. The molecule has 0 amide bonds. The largest absolute Gasteiger partial charge is 0.480 e. The van der Waals surface area contributed by atoms with E-state index in [4.69, 9.17) is 5.11 Å². The summed E-state index contributed by atoms with van der Waals surface area (Å²) in [5.41, 5.74) is 0. The number of carboxylic acid groups (broad SMARTS) is 1. The maximum absolute atomic E-state index is 10.4. The standard InChI is InChI=1S/C8H15NO2/c1-6-3-4-7(2)9(6)5-8(10)11/h6-7H,3-5H2,1-2H3,(H,10,11)/t6-,7+. The van der Waals surface area contributed by atoms with Gasteiger partial charge in [-0.05, 0) is 26.7 Å². The second-order valence-corrected chi connectivity index (χ2v) is 3.34. The van der Waals surface area contributed by atoms with Gasteiger partial charge in [-0.2, -0.15) is 0 Å². The van der Waals surface area contributed by atoms with Crippen molar-refractivity contribution in [2.75, 3.05) is 6.54 Å². The molecular weight excluding hydrogens is 142 g/mol. The predicted molar refractivity (Wildman–Crippen MR) is 42.5 cm³/mol. The topological polar surface area (TPSA) is 40.5 Å². The Morgan fingerprint density at radius 2 is 1.91 bits per heavy atom. The minimum atomic E-state index is -0.717. The highest BCUT2D eigenvalue weighted by atomic mass is 16.4. The van der Waals surface area contributed by atoms with Crippen molar-refractivity contribution in [2.45, 2.75) is 38.8 Å². The summed E-state index contributed by atoms with van der Waals surface area (Å²) in [7, 11) is 0. The molecule has 0 unspecified atom stereocenters. The zero-order valence-electron chi connectivity index (χ0n) is 7.08. The van der Waals surface area contributed by atoms with E-state index in [1.807, 2.05) is 4.90 Å². The van der Waals surface area contributed by atoms with E-state index in [1.165, 1.54) is 0 Å². The van der Waals surface area contributed by atoms with Crippen molar-refractivity contribution < 1.29 is 9.90 Å². The van der Waals surface area contributed by atoms with Gasteiger partial charge < -0.3 is 5.11 Å². The zero-order chi connectivity index (χ0) is 8.43. The van der Waals surface area contributed by atoms with Crippen molar-refractivity contribution in [2.24, 2.45) is 0 Å². The molecule has 1 fully saturated rings. The van der Waals surface area contributed by atoms with Crippen LogP contribution in [0.15, 0.2) is 0 Å². The number of aliphatic carboxylic acids is 1. The third-order valence-corrected chi connectivity index (χ3v) is 2.45. The minimum Gasteiger partial charge on any atom is -0.480 e. The first-order valence-corrected chi connectivity index (χ1v) is 4.09. The van der Waals surface area contributed by atoms with Gasteiger partial charge in [0, 0.05) is 12.1 Å². The van der Waals surface area contributed by atoms with Crippen LogP contribution in [0.3, 0.4) is 0 Å². The van der Waals surface area contributed by atoms with E-state index in [1.54, 1.807) is 0 Å². The molecule has 0 aromatic carbocycles. The Hall–Kier alpha value is -0.570. The molecule has 2 atom stereocenters. The van der Waals surface area contributed by atoms with Crippen LogP contribution in [0.1, 0.15) is 26.7 Å². The third kappa shape index (κ3) is 1.93. The summed E-state index contributed by atoms with van der Waals surface area (Å²) < 4.78 is 0. The van der Waals surface area contributed by atoms with Crippen LogP contribution in [0.25, 0.3) is 0 Å². The molecule has 0 spiro atoms. The Kier molecular flexibility index (Phi) is 2.49. The van der Waals surface area contributed by atoms with E-state index in [-0.39, 0.29) is 6.54 Å². The second kappa shape index (κ2) is 3.22. The quantitative estimate of drug-likeness (QED) is 0.648. The van der Waals surface area contributed by atoms with E-state index in [0.717, 1.165) is 12.8 Å². The molecule has 0 saturated carbocycles. The number of rotatable bonds is 2. The van der Waals surface area contributed by atoms with Gasteiger partial charge in [0.1, 0.15) is 0 Å². The number of hydrogen-bond donors (Lipinski definition) is 1. The first-order valence-electron chi connectivity index (χ1n) is 4.09. The Morgan fingerprint density at radius 3 is 2.27 bits per heavy atom. The molecule has 1 rings (SSSR count). The maximum Gasteiger partial charge on any atom is 0.317 e. The summed E-state index contributed by atoms with van der Waals surface area (Å²) in [4.78, 5) is 12.4. The van der Waals surface area contributed by atoms with Gasteiger partial charge >= 0.3 is 5.97 Å². The van der Waals surface area contributed by atoms with Crippen LogP contribution in [0.2, 0.25) is 0 Å². The van der Waals surface area contributed by atoms with Gasteiger partial charge in [0.15, 0.2) is 0 Å². The number of nitrogens with zero attached hydrogens (tertiary/aromatic N) is 1. The number of carboxylic acids is 1. The molecule has 1 heterocycles. The van der Waals surface area contributed by atoms with E-state index < -0.39 is 5.97 Å². The Bertz CT molecular complexity index is 148. The lowest BCUT2D eigenvalue weighted by molar-refractivity contribution is -0.138. The summed E-state index contributed by atoms with van der Waals surface area (Å²) in [6.07, 6.45) is 2.27. The van der Waals surface area contributed by atoms with Crippen molar-refractivity contribution in [1.82, 2.24) is 4.90 Å². The highest BCUT2D eigenvalue weighted by Crippen LogP contribution is 2.22. The molecule has 1 aliphatic heterocycles. The second-order valence-electron chi connectivity index (χ2n) is 3.34. The SMILES string of the molecule is C[C@@H]1CC[C@H](C)N1CC(=O)O. The highest BCUT2D eigenvalue weighted by molar-refractivity contribution is 5.69. The molecule has 11 heavy (non-hydrogen) atoms. The lowest BCUT2D eigenvalue weighted by atomic mass is 10.2. The first kappa shape index (κ1) is 8.53. The molecule has 0 bridgehead atoms. The Labute approximate surface area is 67.0 Å². The van der Waals surface area contributed by atoms with Crippen molar-refractivity contribution in [3.05, 3.63) is 0 Å². The lowest BCUT2D eigenvalue weighted by Crippen LogP contribution is -2.37. The molecule has 0 aliphatic carbocycles. The molecular formula is C8H15NO2. The van der Waals surface area contributed by atoms with Crippen molar-refractivity contribution in [3.63, 3.8) is 0 Å². The van der Waals surface area contributed by atoms with E-state index >= 15 is 0 Å². The number of carbonyl (C=O) groups is 1. The molecule has 0 aromatic rings. The van der Waals surface area contributed by atoms with Gasteiger partial charge in [0.2, 0.25) is 0 Å². The fraction of sp³-hybridized carbons (Fsp3) is 0.875. The molecule has 0 radical (unpaired) electrons. The highest BCUT2D eigenvalue weighted by Gasteiger charge is 2.28. The van der Waals surface area contributed by atoms with Crippen LogP contribution < -0.4 is 0 Å². The van der Waals surface area contributed by atoms with Crippen LogP contribution in [-0.4, -0.2) is 34.6 Å². The average molecular weight is 157 g/mol. The van der Waals surface area contributed by atoms with E-state index in [0.29, 0.717) is 12.1 Å². The number of likely N-dealkylation sites (tertiary alicyclic amines) is 1. The molecule has 1 aliphatic rings. The van der Waals surface area contributed by atoms with Crippen LogP contribution >= 0.6 is 0 Å². The van der Waals surface area contributed by atoms with Gasteiger partial charge in [-0.1, -0.05) is 0 Å². The van der Waals surface area contributed by atoms with Crippen LogP contribution in [0, 0.1) is 0 Å². The molecule has 1 N–H and O–H groups in total. The van der Waals surface area contributed by atoms with Crippen molar-refractivity contribution in [1.29, 1.82) is 0 Å². The molecule has 1 saturated heterocycles. The first-order chi connectivity index (χ1) is 5.11. The van der Waals surface area contributed by atoms with E-state index in [2.05, 4.69) is 13.8 Å². The summed E-state index contributed by atoms with van der Waals surface area (Å²) in [6, 6.07) is 0.891. The molecule has 3 heteroatoms. The van der Waals surface area contributed by atoms with Gasteiger partial charge in [0.05, 0.1) is 6.54 Å². The van der Waals surface area contributed by atoms with Crippen LogP contribution in [-0.2, 0) is 4.79 Å². The molecule has 3 nitrogen and oxygen atoms in total. The predicted octanol–water partition coefficient (Wildman–Crippen LogP) is 0.944. The smallest absolute Gasteiger partial charge is 0.317 e. The normalized spacial score (nSPS) is 32.5.